The number of nitrogens with one attached hydrogen (secondary N) is 1. The van der Waals surface area contributed by atoms with Gasteiger partial charge in [-0.15, -0.1) is 0 Å². The van der Waals surface area contributed by atoms with Gasteiger partial charge in [-0.3, -0.25) is 4.90 Å². The van der Waals surface area contributed by atoms with E-state index >= 15 is 0 Å². The first-order valence-electron chi connectivity index (χ1n) is 10.5. The first kappa shape index (κ1) is 19.2. The molecule has 3 aromatic carbocycles. The number of fused-ring (bicyclic) bond motifs is 1. The van der Waals surface area contributed by atoms with Crippen LogP contribution in [0.1, 0.15) is 30.3 Å². The largest absolute Gasteiger partial charge is 0.445 e. The van der Waals surface area contributed by atoms with Crippen LogP contribution in [0.3, 0.4) is 0 Å². The standard InChI is InChI=1S/C25H24N4O2/c26-20-11-8-18(9-12-20)19-10-13-21-22(15-19)28-24(27-21)23-7-4-14-29(23)25(30)31-16-17-5-2-1-3-6-17/h1-3,5-6,8-13,15,23H,4,7,14,16,26H2,(H,27,28)/t23-/m0/s1. The van der Waals surface area contributed by atoms with Gasteiger partial charge >= 0.3 is 6.09 Å². The number of rotatable bonds is 4. The van der Waals surface area contributed by atoms with E-state index in [2.05, 4.69) is 17.1 Å². The number of H-pyrrole nitrogens is 1. The molecular weight excluding hydrogens is 388 g/mol. The van der Waals surface area contributed by atoms with Crippen LogP contribution in [0, 0.1) is 0 Å². The van der Waals surface area contributed by atoms with Gasteiger partial charge in [-0.1, -0.05) is 48.5 Å². The molecule has 0 aliphatic carbocycles. The van der Waals surface area contributed by atoms with Crippen LogP contribution in [0.15, 0.2) is 72.8 Å². The summed E-state index contributed by atoms with van der Waals surface area (Å²) in [6.45, 7) is 0.944. The summed E-state index contributed by atoms with van der Waals surface area (Å²) in [4.78, 5) is 22.7. The lowest BCUT2D eigenvalue weighted by Crippen LogP contribution is -2.31. The van der Waals surface area contributed by atoms with Crippen molar-refractivity contribution < 1.29 is 9.53 Å². The molecule has 1 aromatic heterocycles. The number of aromatic nitrogens is 2. The molecule has 1 saturated heterocycles. The molecule has 1 aliphatic heterocycles. The Morgan fingerprint density at radius 3 is 2.65 bits per heavy atom. The average Bonchev–Trinajstić information content (AvgIpc) is 3.45. The summed E-state index contributed by atoms with van der Waals surface area (Å²) in [7, 11) is 0. The lowest BCUT2D eigenvalue weighted by atomic mass is 10.0. The summed E-state index contributed by atoms with van der Waals surface area (Å²) in [5.41, 5.74) is 11.6. The van der Waals surface area contributed by atoms with Crippen LogP contribution in [0.5, 0.6) is 0 Å². The van der Waals surface area contributed by atoms with Crippen molar-refractivity contribution in [3.63, 3.8) is 0 Å². The van der Waals surface area contributed by atoms with Crippen molar-refractivity contribution in [1.82, 2.24) is 14.9 Å². The first-order valence-corrected chi connectivity index (χ1v) is 10.5. The second-order valence-corrected chi connectivity index (χ2v) is 7.87. The number of amides is 1. The van der Waals surface area contributed by atoms with Crippen LogP contribution in [0.25, 0.3) is 22.2 Å². The van der Waals surface area contributed by atoms with E-state index in [4.69, 9.17) is 15.5 Å². The molecule has 0 spiro atoms. The Morgan fingerprint density at radius 2 is 1.84 bits per heavy atom. The minimum Gasteiger partial charge on any atom is -0.445 e. The molecule has 0 saturated carbocycles. The van der Waals surface area contributed by atoms with Crippen LogP contribution in [-0.2, 0) is 11.3 Å². The lowest BCUT2D eigenvalue weighted by molar-refractivity contribution is 0.0910. The predicted molar refractivity (Wildman–Crippen MR) is 121 cm³/mol. The van der Waals surface area contributed by atoms with Crippen LogP contribution in [-0.4, -0.2) is 27.5 Å². The fourth-order valence-corrected chi connectivity index (χ4v) is 4.11. The first-order chi connectivity index (χ1) is 15.2. The topological polar surface area (TPSA) is 84.2 Å². The third kappa shape index (κ3) is 3.97. The van der Waals surface area contributed by atoms with Gasteiger partial charge in [-0.2, -0.15) is 0 Å². The van der Waals surface area contributed by atoms with Gasteiger partial charge in [-0.05, 0) is 53.8 Å². The van der Waals surface area contributed by atoms with Crippen molar-refractivity contribution in [2.75, 3.05) is 12.3 Å². The third-order valence-electron chi connectivity index (χ3n) is 5.75. The van der Waals surface area contributed by atoms with E-state index in [9.17, 15) is 4.79 Å². The van der Waals surface area contributed by atoms with Crippen molar-refractivity contribution in [2.24, 2.45) is 0 Å². The molecule has 3 N–H and O–H groups in total. The highest BCUT2D eigenvalue weighted by Crippen LogP contribution is 2.33. The molecule has 31 heavy (non-hydrogen) atoms. The number of anilines is 1. The Balaban J connectivity index is 1.35. The average molecular weight is 412 g/mol. The summed E-state index contributed by atoms with van der Waals surface area (Å²) in [5.74, 6) is 0.804. The van der Waals surface area contributed by atoms with E-state index < -0.39 is 0 Å². The summed E-state index contributed by atoms with van der Waals surface area (Å²) >= 11 is 0. The molecule has 1 amide bonds. The smallest absolute Gasteiger partial charge is 0.410 e. The number of nitrogens with two attached hydrogens (primary N) is 1. The molecule has 4 aromatic rings. The van der Waals surface area contributed by atoms with Gasteiger partial charge in [0.05, 0.1) is 17.1 Å². The van der Waals surface area contributed by atoms with Gasteiger partial charge in [0.15, 0.2) is 0 Å². The quantitative estimate of drug-likeness (QED) is 0.446. The molecule has 1 aliphatic rings. The number of carbonyl (C=O) groups is 1. The third-order valence-corrected chi connectivity index (χ3v) is 5.75. The minimum absolute atomic E-state index is 0.101. The highest BCUT2D eigenvalue weighted by atomic mass is 16.6. The molecule has 0 unspecified atom stereocenters. The summed E-state index contributed by atoms with van der Waals surface area (Å²) < 4.78 is 5.56. The zero-order valence-corrected chi connectivity index (χ0v) is 17.1. The zero-order valence-electron chi connectivity index (χ0n) is 17.1. The Kier molecular flexibility index (Phi) is 5.04. The number of carbonyl (C=O) groups excluding carboxylic acids is 1. The monoisotopic (exact) mass is 412 g/mol. The molecule has 0 radical (unpaired) electrons. The Morgan fingerprint density at radius 1 is 1.06 bits per heavy atom. The SMILES string of the molecule is Nc1ccc(-c2ccc3nc([C@@H]4CCCN4C(=O)OCc4ccccc4)[nH]c3c2)cc1. The number of ether oxygens (including phenoxy) is 1. The van der Waals surface area contributed by atoms with Gasteiger partial charge in [0.2, 0.25) is 0 Å². The Bertz CT molecular complexity index is 1200. The fourth-order valence-electron chi connectivity index (χ4n) is 4.11. The van der Waals surface area contributed by atoms with E-state index in [1.165, 1.54) is 0 Å². The zero-order chi connectivity index (χ0) is 21.2. The van der Waals surface area contributed by atoms with Crippen LogP contribution in [0.4, 0.5) is 10.5 Å². The lowest BCUT2D eigenvalue weighted by Gasteiger charge is -2.22. The van der Waals surface area contributed by atoms with Crippen molar-refractivity contribution in [3.05, 3.63) is 84.2 Å². The van der Waals surface area contributed by atoms with E-state index in [1.54, 1.807) is 4.90 Å². The molecule has 6 nitrogen and oxygen atoms in total. The summed E-state index contributed by atoms with van der Waals surface area (Å²) in [5, 5.41) is 0. The summed E-state index contributed by atoms with van der Waals surface area (Å²) in [6, 6.07) is 23.6. The second-order valence-electron chi connectivity index (χ2n) is 7.87. The number of aromatic amines is 1. The van der Waals surface area contributed by atoms with Crippen molar-refractivity contribution >= 4 is 22.8 Å². The highest BCUT2D eigenvalue weighted by Gasteiger charge is 2.33. The Labute approximate surface area is 180 Å². The minimum atomic E-state index is -0.297. The van der Waals surface area contributed by atoms with Crippen molar-refractivity contribution in [2.45, 2.75) is 25.5 Å². The molecule has 156 valence electrons. The van der Waals surface area contributed by atoms with Crippen molar-refractivity contribution in [3.8, 4) is 11.1 Å². The van der Waals surface area contributed by atoms with E-state index in [1.807, 2.05) is 60.7 Å². The van der Waals surface area contributed by atoms with E-state index in [-0.39, 0.29) is 18.7 Å². The highest BCUT2D eigenvalue weighted by molar-refractivity contribution is 5.82. The molecule has 1 fully saturated rings. The fraction of sp³-hybridized carbons (Fsp3) is 0.200. The number of nitrogens with zero attached hydrogens (tertiary/aromatic N) is 2. The number of benzene rings is 3. The van der Waals surface area contributed by atoms with Crippen LogP contribution in [0.2, 0.25) is 0 Å². The molecule has 1 atom stereocenters. The van der Waals surface area contributed by atoms with Crippen LogP contribution >= 0.6 is 0 Å². The second kappa shape index (κ2) is 8.14. The summed E-state index contributed by atoms with van der Waals surface area (Å²) in [6.07, 6.45) is 1.50. The maximum atomic E-state index is 12.7. The number of nitrogen functional groups attached to an aromatic ring is 1. The molecule has 0 bridgehead atoms. The molecular formula is C25H24N4O2. The van der Waals surface area contributed by atoms with Gasteiger partial charge in [0.1, 0.15) is 12.4 Å². The molecule has 2 heterocycles. The van der Waals surface area contributed by atoms with E-state index in [0.717, 1.165) is 52.1 Å². The maximum absolute atomic E-state index is 12.7. The molecule has 5 rings (SSSR count). The van der Waals surface area contributed by atoms with Crippen molar-refractivity contribution in [1.29, 1.82) is 0 Å². The van der Waals surface area contributed by atoms with Crippen LogP contribution < -0.4 is 5.73 Å². The van der Waals surface area contributed by atoms with Gasteiger partial charge in [0.25, 0.3) is 0 Å². The predicted octanol–water partition coefficient (Wildman–Crippen LogP) is 5.29. The number of likely N-dealkylation sites (tertiary alicyclic amines) is 1. The van der Waals surface area contributed by atoms with Gasteiger partial charge in [-0.25, -0.2) is 9.78 Å². The normalized spacial score (nSPS) is 16.0. The van der Waals surface area contributed by atoms with E-state index in [0.29, 0.717) is 6.54 Å². The van der Waals surface area contributed by atoms with Gasteiger partial charge < -0.3 is 15.5 Å². The number of imidazole rings is 1. The van der Waals surface area contributed by atoms with Gasteiger partial charge in [0, 0.05) is 12.2 Å². The number of hydrogen-bond donors (Lipinski definition) is 2. The Hall–Kier alpha value is -3.80. The maximum Gasteiger partial charge on any atom is 0.410 e. The number of hydrogen-bond acceptors (Lipinski definition) is 4. The molecule has 6 heteroatoms.